The predicted octanol–water partition coefficient (Wildman–Crippen LogP) is 3.03. The SMILES string of the molecule is CCCn1c(O)c(N=Nc2nc(N3CCOCC3)nc(N3CCOCC3)n2)c2ccccc21. The summed E-state index contributed by atoms with van der Waals surface area (Å²) in [7, 11) is 0. The minimum Gasteiger partial charge on any atom is -0.493 e. The van der Waals surface area contributed by atoms with Crippen LogP contribution in [0.15, 0.2) is 34.5 Å². The minimum absolute atomic E-state index is 0.0951. The molecule has 11 nitrogen and oxygen atoms in total. The summed E-state index contributed by atoms with van der Waals surface area (Å²) in [5.74, 6) is 1.42. The quantitative estimate of drug-likeness (QED) is 0.568. The van der Waals surface area contributed by atoms with Crippen molar-refractivity contribution >= 4 is 34.4 Å². The third-order valence-corrected chi connectivity index (χ3v) is 5.79. The molecule has 3 aromatic rings. The number of hydrogen-bond donors (Lipinski definition) is 1. The summed E-state index contributed by atoms with van der Waals surface area (Å²) in [6, 6.07) is 7.78. The van der Waals surface area contributed by atoms with Gasteiger partial charge >= 0.3 is 0 Å². The van der Waals surface area contributed by atoms with Crippen molar-refractivity contribution in [2.45, 2.75) is 19.9 Å². The van der Waals surface area contributed by atoms with E-state index in [1.54, 1.807) is 0 Å². The molecule has 0 bridgehead atoms. The number of nitrogens with zero attached hydrogens (tertiary/aromatic N) is 8. The maximum atomic E-state index is 10.9. The summed E-state index contributed by atoms with van der Waals surface area (Å²) < 4.78 is 12.8. The number of morpholine rings is 2. The second-order valence-electron chi connectivity index (χ2n) is 7.98. The molecular weight excluding hydrogens is 424 g/mol. The largest absolute Gasteiger partial charge is 0.493 e. The molecule has 0 aliphatic carbocycles. The number of aromatic nitrogens is 4. The first kappa shape index (κ1) is 21.5. The highest BCUT2D eigenvalue weighted by atomic mass is 16.5. The topological polar surface area (TPSA) is 113 Å². The lowest BCUT2D eigenvalue weighted by molar-refractivity contribution is 0.121. The number of azo groups is 1. The molecule has 1 aromatic carbocycles. The Morgan fingerprint density at radius 2 is 1.48 bits per heavy atom. The number of fused-ring (bicyclic) bond motifs is 1. The first-order valence-corrected chi connectivity index (χ1v) is 11.4. The normalized spacial score (nSPS) is 17.4. The van der Waals surface area contributed by atoms with Gasteiger partial charge in [-0.1, -0.05) is 25.1 Å². The molecule has 0 atom stereocenters. The fraction of sp³-hybridized carbons (Fsp3) is 0.500. The number of rotatable bonds is 6. The number of para-hydroxylation sites is 1. The standard InChI is InChI=1S/C22H28N8O3/c1-2-7-30-17-6-4-3-5-16(17)18(19(30)31)26-27-20-23-21(28-8-12-32-13-9-28)25-22(24-20)29-10-14-33-15-11-29/h3-6,31H,2,7-15H2,1H3. The summed E-state index contributed by atoms with van der Waals surface area (Å²) in [6.45, 7) is 8.07. The van der Waals surface area contributed by atoms with E-state index in [0.717, 1.165) is 17.3 Å². The predicted molar refractivity (Wildman–Crippen MR) is 124 cm³/mol. The maximum absolute atomic E-state index is 10.9. The fourth-order valence-electron chi connectivity index (χ4n) is 4.11. The van der Waals surface area contributed by atoms with Gasteiger partial charge in [-0.3, -0.25) is 0 Å². The van der Waals surface area contributed by atoms with Gasteiger partial charge in [0.2, 0.25) is 17.8 Å². The van der Waals surface area contributed by atoms with Crippen LogP contribution in [0.1, 0.15) is 13.3 Å². The number of hydrogen-bond acceptors (Lipinski definition) is 10. The van der Waals surface area contributed by atoms with Crippen LogP contribution in [0.25, 0.3) is 10.9 Å². The van der Waals surface area contributed by atoms with Crippen LogP contribution >= 0.6 is 0 Å². The Morgan fingerprint density at radius 1 is 0.879 bits per heavy atom. The van der Waals surface area contributed by atoms with Crippen LogP contribution in [0, 0.1) is 0 Å². The summed E-state index contributed by atoms with van der Waals surface area (Å²) in [5, 5.41) is 20.4. The van der Waals surface area contributed by atoms with Gasteiger partial charge in [-0.2, -0.15) is 15.0 Å². The van der Waals surface area contributed by atoms with E-state index in [1.165, 1.54) is 0 Å². The molecule has 0 spiro atoms. The van der Waals surface area contributed by atoms with Gasteiger partial charge in [-0.05, 0) is 12.5 Å². The van der Waals surface area contributed by atoms with E-state index in [0.29, 0.717) is 76.7 Å². The van der Waals surface area contributed by atoms with Gasteiger partial charge in [0.25, 0.3) is 5.95 Å². The molecule has 0 saturated carbocycles. The Balaban J connectivity index is 1.53. The Morgan fingerprint density at radius 3 is 2.09 bits per heavy atom. The van der Waals surface area contributed by atoms with Crippen LogP contribution in [-0.4, -0.2) is 77.2 Å². The third-order valence-electron chi connectivity index (χ3n) is 5.79. The summed E-state index contributed by atoms with van der Waals surface area (Å²) >= 11 is 0. The molecule has 0 amide bonds. The highest BCUT2D eigenvalue weighted by Gasteiger charge is 2.21. The zero-order valence-corrected chi connectivity index (χ0v) is 18.7. The second kappa shape index (κ2) is 9.67. The van der Waals surface area contributed by atoms with Crippen LogP contribution in [0.5, 0.6) is 5.88 Å². The molecule has 0 radical (unpaired) electrons. The fourth-order valence-corrected chi connectivity index (χ4v) is 4.11. The van der Waals surface area contributed by atoms with Crippen molar-refractivity contribution in [3.63, 3.8) is 0 Å². The van der Waals surface area contributed by atoms with Crippen molar-refractivity contribution in [1.29, 1.82) is 0 Å². The summed E-state index contributed by atoms with van der Waals surface area (Å²) in [6.07, 6.45) is 0.891. The van der Waals surface area contributed by atoms with Gasteiger partial charge in [0.05, 0.1) is 31.9 Å². The average molecular weight is 453 g/mol. The molecular formula is C22H28N8O3. The van der Waals surface area contributed by atoms with E-state index in [2.05, 4.69) is 36.9 Å². The Bertz CT molecular complexity index is 1100. The van der Waals surface area contributed by atoms with Gasteiger partial charge < -0.3 is 28.9 Å². The van der Waals surface area contributed by atoms with Crippen molar-refractivity contribution in [1.82, 2.24) is 19.5 Å². The molecule has 2 fully saturated rings. The van der Waals surface area contributed by atoms with Gasteiger partial charge in [0.1, 0.15) is 0 Å². The lowest BCUT2D eigenvalue weighted by atomic mass is 10.2. The smallest absolute Gasteiger partial charge is 0.275 e. The Labute approximate surface area is 191 Å². The van der Waals surface area contributed by atoms with E-state index in [9.17, 15) is 5.11 Å². The molecule has 2 aromatic heterocycles. The number of aryl methyl sites for hydroxylation is 1. The minimum atomic E-state index is 0.0951. The van der Waals surface area contributed by atoms with Gasteiger partial charge in [0, 0.05) is 38.1 Å². The van der Waals surface area contributed by atoms with Crippen LogP contribution in [0.2, 0.25) is 0 Å². The van der Waals surface area contributed by atoms with Crippen molar-refractivity contribution in [3.8, 4) is 5.88 Å². The van der Waals surface area contributed by atoms with Crippen molar-refractivity contribution in [2.75, 3.05) is 62.4 Å². The lowest BCUT2D eigenvalue weighted by Crippen LogP contribution is -2.39. The number of ether oxygens (including phenoxy) is 2. The van der Waals surface area contributed by atoms with Crippen LogP contribution < -0.4 is 9.80 Å². The van der Waals surface area contributed by atoms with E-state index >= 15 is 0 Å². The number of aromatic hydroxyl groups is 1. The van der Waals surface area contributed by atoms with E-state index < -0.39 is 0 Å². The zero-order chi connectivity index (χ0) is 22.6. The molecule has 0 unspecified atom stereocenters. The molecule has 2 saturated heterocycles. The second-order valence-corrected chi connectivity index (χ2v) is 7.98. The molecule has 5 rings (SSSR count). The first-order chi connectivity index (χ1) is 16.2. The van der Waals surface area contributed by atoms with Crippen LogP contribution in [0.3, 0.4) is 0 Å². The van der Waals surface area contributed by atoms with Crippen LogP contribution in [-0.2, 0) is 16.0 Å². The monoisotopic (exact) mass is 452 g/mol. The highest BCUT2D eigenvalue weighted by Crippen LogP contribution is 2.39. The number of anilines is 2. The zero-order valence-electron chi connectivity index (χ0n) is 18.7. The molecule has 11 heteroatoms. The van der Waals surface area contributed by atoms with Gasteiger partial charge in [-0.25, -0.2) is 0 Å². The Hall–Kier alpha value is -3.31. The molecule has 33 heavy (non-hydrogen) atoms. The molecule has 1 N–H and O–H groups in total. The van der Waals surface area contributed by atoms with E-state index in [1.807, 2.05) is 28.8 Å². The highest BCUT2D eigenvalue weighted by molar-refractivity contribution is 5.95. The van der Waals surface area contributed by atoms with Gasteiger partial charge in [0.15, 0.2) is 5.69 Å². The lowest BCUT2D eigenvalue weighted by Gasteiger charge is -2.29. The Kier molecular flexibility index (Phi) is 6.31. The van der Waals surface area contributed by atoms with E-state index in [-0.39, 0.29) is 11.8 Å². The van der Waals surface area contributed by atoms with Crippen molar-refractivity contribution < 1.29 is 14.6 Å². The summed E-state index contributed by atoms with van der Waals surface area (Å²) in [5.41, 5.74) is 1.34. The van der Waals surface area contributed by atoms with Crippen LogP contribution in [0.4, 0.5) is 23.5 Å². The third kappa shape index (κ3) is 4.46. The van der Waals surface area contributed by atoms with Crippen molar-refractivity contribution in [3.05, 3.63) is 24.3 Å². The van der Waals surface area contributed by atoms with E-state index in [4.69, 9.17) is 14.5 Å². The molecule has 2 aliphatic rings. The summed E-state index contributed by atoms with van der Waals surface area (Å²) in [4.78, 5) is 18.0. The van der Waals surface area contributed by atoms with Crippen molar-refractivity contribution in [2.24, 2.45) is 10.2 Å². The molecule has 2 aliphatic heterocycles. The first-order valence-electron chi connectivity index (χ1n) is 11.4. The number of benzene rings is 1. The average Bonchev–Trinajstić information content (AvgIpc) is 3.14. The maximum Gasteiger partial charge on any atom is 0.275 e. The molecule has 4 heterocycles. The van der Waals surface area contributed by atoms with Gasteiger partial charge in [-0.15, -0.1) is 10.2 Å². The molecule has 174 valence electrons.